The third kappa shape index (κ3) is 8.57. The van der Waals surface area contributed by atoms with Gasteiger partial charge in [0.15, 0.2) is 0 Å². The van der Waals surface area contributed by atoms with Crippen LogP contribution in [0, 0.1) is 5.92 Å². The molecule has 0 saturated carbocycles. The lowest BCUT2D eigenvalue weighted by molar-refractivity contribution is -0.142. The van der Waals surface area contributed by atoms with Crippen LogP contribution < -0.4 is 21.7 Å². The molecule has 12 nitrogen and oxygen atoms in total. The van der Waals surface area contributed by atoms with E-state index in [1.54, 1.807) is 26.0 Å². The Labute approximate surface area is 213 Å². The van der Waals surface area contributed by atoms with Crippen molar-refractivity contribution in [3.8, 4) is 5.75 Å². The average molecular weight is 521 g/mol. The number of aromatic nitrogens is 2. The van der Waals surface area contributed by atoms with Crippen molar-refractivity contribution in [3.63, 3.8) is 0 Å². The minimum Gasteiger partial charge on any atom is -0.508 e. The number of phenols is 1. The maximum Gasteiger partial charge on any atom is 0.326 e. The number of hydrogen-bond donors (Lipinski definition) is 8. The molecule has 1 heterocycles. The second-order valence-electron chi connectivity index (χ2n) is 8.63. The molecule has 0 fully saturated rings. The summed E-state index contributed by atoms with van der Waals surface area (Å²) < 4.78 is 0. The van der Waals surface area contributed by atoms with E-state index in [4.69, 9.17) is 5.73 Å². The molecule has 0 bridgehead atoms. The number of phenolic OH excluding ortho intramolecular Hbond substituents is 1. The van der Waals surface area contributed by atoms with Crippen molar-refractivity contribution in [3.05, 3.63) is 48.0 Å². The number of carboxylic acids is 1. The molecule has 0 aliphatic heterocycles. The highest BCUT2D eigenvalue weighted by molar-refractivity contribution is 7.80. The topological polar surface area (TPSA) is 200 Å². The molecule has 2 rings (SSSR count). The molecule has 0 aliphatic rings. The number of amides is 3. The lowest BCUT2D eigenvalue weighted by Gasteiger charge is -2.26. The zero-order chi connectivity index (χ0) is 26.8. The number of H-pyrrole nitrogens is 1. The molecule has 1 aromatic carbocycles. The number of benzene rings is 1. The Bertz CT molecular complexity index is 1030. The van der Waals surface area contributed by atoms with Crippen LogP contribution in [0.2, 0.25) is 0 Å². The summed E-state index contributed by atoms with van der Waals surface area (Å²) in [6, 6.07) is 1.89. The molecule has 36 heavy (non-hydrogen) atoms. The van der Waals surface area contributed by atoms with Crippen molar-refractivity contribution < 1.29 is 29.4 Å². The van der Waals surface area contributed by atoms with E-state index in [9.17, 15) is 29.4 Å². The predicted octanol–water partition coefficient (Wildman–Crippen LogP) is -0.647. The van der Waals surface area contributed by atoms with Gasteiger partial charge in [0, 0.05) is 24.1 Å². The molecular weight excluding hydrogens is 488 g/mol. The fourth-order valence-corrected chi connectivity index (χ4v) is 3.58. The van der Waals surface area contributed by atoms with Crippen molar-refractivity contribution in [1.82, 2.24) is 25.9 Å². The number of nitrogens with zero attached hydrogens (tertiary/aromatic N) is 1. The Morgan fingerprint density at radius 3 is 2.17 bits per heavy atom. The van der Waals surface area contributed by atoms with Gasteiger partial charge < -0.3 is 36.9 Å². The Morgan fingerprint density at radius 2 is 1.64 bits per heavy atom. The van der Waals surface area contributed by atoms with Crippen molar-refractivity contribution in [2.45, 2.75) is 50.9 Å². The quantitative estimate of drug-likeness (QED) is 0.159. The van der Waals surface area contributed by atoms with Crippen LogP contribution >= 0.6 is 12.6 Å². The van der Waals surface area contributed by atoms with Gasteiger partial charge in [-0.1, -0.05) is 26.0 Å². The van der Waals surface area contributed by atoms with E-state index in [1.165, 1.54) is 24.7 Å². The summed E-state index contributed by atoms with van der Waals surface area (Å²) >= 11 is 4.11. The van der Waals surface area contributed by atoms with Gasteiger partial charge in [-0.3, -0.25) is 14.4 Å². The number of aliphatic carboxylic acids is 1. The minimum atomic E-state index is -1.25. The van der Waals surface area contributed by atoms with Gasteiger partial charge >= 0.3 is 5.97 Å². The average Bonchev–Trinajstić information content (AvgIpc) is 3.34. The number of thiol groups is 1. The number of hydrogen-bond acceptors (Lipinski definition) is 8. The zero-order valence-electron chi connectivity index (χ0n) is 20.0. The normalized spacial score (nSPS) is 14.4. The molecule has 0 spiro atoms. The molecule has 196 valence electrons. The van der Waals surface area contributed by atoms with E-state index in [1.807, 2.05) is 0 Å². The van der Waals surface area contributed by atoms with Crippen LogP contribution in [0.3, 0.4) is 0 Å². The van der Waals surface area contributed by atoms with Gasteiger partial charge in [-0.15, -0.1) is 0 Å². The van der Waals surface area contributed by atoms with Crippen LogP contribution in [0.5, 0.6) is 5.75 Å². The number of carbonyl (C=O) groups is 4. The Balaban J connectivity index is 2.00. The number of carbonyl (C=O) groups excluding carboxylic acids is 3. The molecule has 4 atom stereocenters. The molecule has 4 unspecified atom stereocenters. The highest BCUT2D eigenvalue weighted by Gasteiger charge is 2.31. The van der Waals surface area contributed by atoms with E-state index in [-0.39, 0.29) is 30.3 Å². The number of aromatic amines is 1. The first-order valence-electron chi connectivity index (χ1n) is 11.3. The summed E-state index contributed by atoms with van der Waals surface area (Å²) in [5, 5.41) is 26.4. The zero-order valence-corrected chi connectivity index (χ0v) is 20.9. The van der Waals surface area contributed by atoms with Crippen LogP contribution in [0.4, 0.5) is 0 Å². The van der Waals surface area contributed by atoms with Gasteiger partial charge in [0.1, 0.15) is 23.9 Å². The maximum atomic E-state index is 13.0. The van der Waals surface area contributed by atoms with Crippen LogP contribution in [0.25, 0.3) is 0 Å². The minimum absolute atomic E-state index is 0.0299. The predicted molar refractivity (Wildman–Crippen MR) is 134 cm³/mol. The van der Waals surface area contributed by atoms with Crippen LogP contribution in [0.15, 0.2) is 36.8 Å². The molecule has 13 heteroatoms. The van der Waals surface area contributed by atoms with Gasteiger partial charge in [0.2, 0.25) is 17.7 Å². The third-order valence-corrected chi connectivity index (χ3v) is 5.75. The molecule has 8 N–H and O–H groups in total. The number of nitrogens with two attached hydrogens (primary N) is 1. The van der Waals surface area contributed by atoms with Crippen molar-refractivity contribution >= 4 is 36.3 Å². The summed E-state index contributed by atoms with van der Waals surface area (Å²) in [7, 11) is 0. The molecule has 3 amide bonds. The second kappa shape index (κ2) is 13.5. The molecule has 2 aromatic rings. The number of imidazole rings is 1. The maximum absolute atomic E-state index is 13.0. The lowest BCUT2D eigenvalue weighted by atomic mass is 10.0. The highest BCUT2D eigenvalue weighted by Crippen LogP contribution is 2.11. The van der Waals surface area contributed by atoms with Crippen molar-refractivity contribution in [2.24, 2.45) is 11.7 Å². The van der Waals surface area contributed by atoms with Crippen LogP contribution in [-0.4, -0.2) is 73.8 Å². The molecular formula is C23H32N6O6S. The molecule has 0 saturated heterocycles. The summed E-state index contributed by atoms with van der Waals surface area (Å²) in [6.45, 7) is 3.44. The lowest BCUT2D eigenvalue weighted by Crippen LogP contribution is -2.59. The van der Waals surface area contributed by atoms with Gasteiger partial charge in [0.25, 0.3) is 0 Å². The monoisotopic (exact) mass is 520 g/mol. The summed E-state index contributed by atoms with van der Waals surface area (Å²) in [5.41, 5.74) is 7.25. The van der Waals surface area contributed by atoms with E-state index >= 15 is 0 Å². The van der Waals surface area contributed by atoms with E-state index in [0.29, 0.717) is 5.69 Å². The third-order valence-electron chi connectivity index (χ3n) is 5.38. The number of carboxylic acid groups (broad SMARTS) is 1. The first-order chi connectivity index (χ1) is 17.0. The van der Waals surface area contributed by atoms with Gasteiger partial charge in [-0.25, -0.2) is 9.78 Å². The second-order valence-corrected chi connectivity index (χ2v) is 9.00. The van der Waals surface area contributed by atoms with E-state index < -0.39 is 47.9 Å². The number of aromatic hydroxyl groups is 1. The highest BCUT2D eigenvalue weighted by atomic mass is 32.1. The molecule has 1 aromatic heterocycles. The van der Waals surface area contributed by atoms with E-state index in [2.05, 4.69) is 38.5 Å². The SMILES string of the molecule is CC(C)C(NC(=O)C(N)Cc1ccc(O)cc1)C(=O)NC(CS)C(=O)NC(Cc1cnc[nH]1)C(=O)O. The fraction of sp³-hybridized carbons (Fsp3) is 0.435. The largest absolute Gasteiger partial charge is 0.508 e. The van der Waals surface area contributed by atoms with Crippen LogP contribution in [0.1, 0.15) is 25.1 Å². The first-order valence-corrected chi connectivity index (χ1v) is 11.9. The Hall–Kier alpha value is -3.58. The summed E-state index contributed by atoms with van der Waals surface area (Å²) in [6.07, 6.45) is 3.00. The van der Waals surface area contributed by atoms with Crippen LogP contribution in [-0.2, 0) is 32.0 Å². The standard InChI is InChI=1S/C23H32N6O6S/c1-12(2)19(29-20(31)16(24)7-13-3-5-15(30)6-4-13)22(33)28-18(10-36)21(32)27-17(23(34)35)8-14-9-25-11-26-14/h3-6,9,11-12,16-19,30,36H,7-8,10,24H2,1-2H3,(H,25,26)(H,27,32)(H,28,33)(H,29,31)(H,34,35). The molecule has 0 radical (unpaired) electrons. The number of rotatable bonds is 13. The number of nitrogens with one attached hydrogen (secondary N) is 4. The van der Waals surface area contributed by atoms with Gasteiger partial charge in [-0.05, 0) is 30.0 Å². The Kier molecular flexibility index (Phi) is 10.7. The smallest absolute Gasteiger partial charge is 0.326 e. The molecule has 0 aliphatic carbocycles. The first kappa shape index (κ1) is 28.7. The summed E-state index contributed by atoms with van der Waals surface area (Å²) in [4.78, 5) is 56.5. The fourth-order valence-electron chi connectivity index (χ4n) is 3.32. The van der Waals surface area contributed by atoms with E-state index in [0.717, 1.165) is 5.56 Å². The van der Waals surface area contributed by atoms with Crippen molar-refractivity contribution in [1.29, 1.82) is 0 Å². The summed E-state index contributed by atoms with van der Waals surface area (Å²) in [5.74, 6) is -3.54. The van der Waals surface area contributed by atoms with Gasteiger partial charge in [-0.2, -0.15) is 12.6 Å². The van der Waals surface area contributed by atoms with Crippen molar-refractivity contribution in [2.75, 3.05) is 5.75 Å². The Morgan fingerprint density at radius 1 is 1.00 bits per heavy atom. The van der Waals surface area contributed by atoms with Gasteiger partial charge in [0.05, 0.1) is 12.4 Å².